The molecule has 4 nitrogen and oxygen atoms in total. The molecule has 0 spiro atoms. The van der Waals surface area contributed by atoms with Crippen LogP contribution in [0.3, 0.4) is 0 Å². The number of ether oxygens (including phenoxy) is 1. The largest absolute Gasteiger partial charge is 0.468 e. The second-order valence-electron chi connectivity index (χ2n) is 10.8. The topological polar surface area (TPSA) is 35.1 Å². The summed E-state index contributed by atoms with van der Waals surface area (Å²) in [6.07, 6.45) is 4.54. The Bertz CT molecular complexity index is 1060. The average Bonchev–Trinajstić information content (AvgIpc) is 3.24. The highest BCUT2D eigenvalue weighted by molar-refractivity contribution is 6.54. The highest BCUT2D eigenvalue weighted by Gasteiger charge is 2.25. The molecule has 3 rings (SSSR count). The van der Waals surface area contributed by atoms with Crippen LogP contribution in [0.1, 0.15) is 108 Å². The summed E-state index contributed by atoms with van der Waals surface area (Å²) in [6.45, 7) is 20.2. The van der Waals surface area contributed by atoms with Gasteiger partial charge in [-0.15, -0.1) is 6.32 Å². The second-order valence-corrected chi connectivity index (χ2v) is 10.8. The Kier molecular flexibility index (Phi) is 9.21. The van der Waals surface area contributed by atoms with Crippen LogP contribution in [0.15, 0.2) is 48.8 Å². The summed E-state index contributed by atoms with van der Waals surface area (Å²) in [5.41, 5.74) is 8.61. The molecule has 1 heterocycles. The summed E-state index contributed by atoms with van der Waals surface area (Å²) in [7, 11) is 2.03. The number of hydrogen-bond donors (Lipinski definition) is 0. The van der Waals surface area contributed by atoms with Crippen molar-refractivity contribution in [2.24, 2.45) is 0 Å². The van der Waals surface area contributed by atoms with Crippen molar-refractivity contribution in [2.45, 2.75) is 92.3 Å². The first kappa shape index (κ1) is 27.8. The van der Waals surface area contributed by atoms with Crippen LogP contribution in [0, 0.1) is 0 Å². The molecule has 0 N–H and O–H groups in total. The first-order valence-electron chi connectivity index (χ1n) is 13.5. The molecule has 192 valence electrons. The first-order chi connectivity index (χ1) is 17.1. The smallest absolute Gasteiger partial charge is 0.265 e. The molecule has 0 aliphatic rings. The lowest BCUT2D eigenvalue weighted by molar-refractivity contribution is -0.576. The Hall–Kier alpha value is -2.82. The van der Waals surface area contributed by atoms with Crippen molar-refractivity contribution in [1.29, 1.82) is 0 Å². The number of nitrogens with zero attached hydrogens (tertiary/aromatic N) is 2. The fourth-order valence-electron chi connectivity index (χ4n) is 4.95. The molecule has 0 atom stereocenters. The fourth-order valence-corrected chi connectivity index (χ4v) is 4.95. The highest BCUT2D eigenvalue weighted by Crippen LogP contribution is 2.31. The van der Waals surface area contributed by atoms with Gasteiger partial charge in [-0.1, -0.05) is 91.8 Å². The van der Waals surface area contributed by atoms with Crippen molar-refractivity contribution >= 4 is 19.0 Å². The van der Waals surface area contributed by atoms with Gasteiger partial charge in [0, 0.05) is 28.0 Å². The standard InChI is InChI=1S/C31H43BN2O2/c1-10-36-28(35)19-32-31-33(29-24(20(2)3)13-11-14-25(29)21(4)5)17-18-34(31)30-26(22(6)7)15-12-16-27(30)23(8)9/h11-18,20-23H,10,19H2,1-9H3. The van der Waals surface area contributed by atoms with Crippen molar-refractivity contribution in [3.8, 4) is 11.4 Å². The lowest BCUT2D eigenvalue weighted by Crippen LogP contribution is -2.52. The lowest BCUT2D eigenvalue weighted by Gasteiger charge is -2.24. The predicted molar refractivity (Wildman–Crippen MR) is 150 cm³/mol. The van der Waals surface area contributed by atoms with Gasteiger partial charge in [-0.3, -0.25) is 4.79 Å². The SMILES string of the molecule is CCOC(=O)C[B-]c1n(-c2c(C(C)C)cccc2C(C)C)cc[n+]1-c1c(C(C)C)cccc1C(C)C. The van der Waals surface area contributed by atoms with Crippen LogP contribution in [-0.4, -0.2) is 24.4 Å². The minimum Gasteiger partial charge on any atom is -0.468 e. The number of hydrogen-bond acceptors (Lipinski definition) is 2. The molecule has 0 saturated carbocycles. The number of para-hydroxylation sites is 2. The molecule has 2 radical (unpaired) electrons. The van der Waals surface area contributed by atoms with Crippen LogP contribution >= 0.6 is 0 Å². The number of aromatic nitrogens is 2. The van der Waals surface area contributed by atoms with Gasteiger partial charge < -0.3 is 4.74 Å². The van der Waals surface area contributed by atoms with E-state index in [2.05, 4.69) is 113 Å². The van der Waals surface area contributed by atoms with Gasteiger partial charge in [0.1, 0.15) is 23.8 Å². The van der Waals surface area contributed by atoms with Crippen LogP contribution in [0.5, 0.6) is 0 Å². The lowest BCUT2D eigenvalue weighted by atomic mass is 9.72. The molecule has 2 aromatic carbocycles. The van der Waals surface area contributed by atoms with Gasteiger partial charge in [-0.25, -0.2) is 9.13 Å². The quantitative estimate of drug-likeness (QED) is 0.185. The van der Waals surface area contributed by atoms with E-state index in [0.29, 0.717) is 30.3 Å². The minimum atomic E-state index is -0.209. The van der Waals surface area contributed by atoms with Crippen molar-refractivity contribution < 1.29 is 14.1 Å². The molecule has 0 fully saturated rings. The van der Waals surface area contributed by atoms with E-state index in [0.717, 1.165) is 5.72 Å². The van der Waals surface area contributed by atoms with E-state index < -0.39 is 0 Å². The van der Waals surface area contributed by atoms with E-state index in [1.807, 2.05) is 14.2 Å². The van der Waals surface area contributed by atoms with Gasteiger partial charge >= 0.3 is 0 Å². The highest BCUT2D eigenvalue weighted by atomic mass is 16.5. The summed E-state index contributed by atoms with van der Waals surface area (Å²) in [6, 6.07) is 13.2. The van der Waals surface area contributed by atoms with Gasteiger partial charge in [0.05, 0.1) is 6.61 Å². The number of esters is 1. The van der Waals surface area contributed by atoms with Crippen LogP contribution in [0.4, 0.5) is 0 Å². The van der Waals surface area contributed by atoms with Crippen molar-refractivity contribution in [2.75, 3.05) is 6.61 Å². The van der Waals surface area contributed by atoms with Gasteiger partial charge in [0.25, 0.3) is 5.97 Å². The summed E-state index contributed by atoms with van der Waals surface area (Å²) in [4.78, 5) is 12.5. The first-order valence-corrected chi connectivity index (χ1v) is 13.5. The predicted octanol–water partition coefficient (Wildman–Crippen LogP) is 6.56. The Labute approximate surface area is 218 Å². The van der Waals surface area contributed by atoms with E-state index in [4.69, 9.17) is 4.74 Å². The van der Waals surface area contributed by atoms with Gasteiger partial charge in [-0.2, -0.15) is 7.28 Å². The summed E-state index contributed by atoms with van der Waals surface area (Å²) in [5, 5.41) is 0. The third-order valence-corrected chi connectivity index (χ3v) is 6.78. The van der Waals surface area contributed by atoms with Crippen LogP contribution in [0.25, 0.3) is 11.4 Å². The van der Waals surface area contributed by atoms with E-state index in [-0.39, 0.29) is 12.3 Å². The maximum absolute atomic E-state index is 12.5. The number of benzene rings is 2. The zero-order chi connectivity index (χ0) is 26.6. The number of imidazole rings is 1. The zero-order valence-electron chi connectivity index (χ0n) is 23.6. The van der Waals surface area contributed by atoms with Gasteiger partial charge in [0.15, 0.2) is 0 Å². The van der Waals surface area contributed by atoms with E-state index in [1.54, 1.807) is 0 Å². The fraction of sp³-hybridized carbons (Fsp3) is 0.484. The minimum absolute atomic E-state index is 0.209. The molecular formula is C31H43BN2O2. The molecule has 3 aromatic rings. The van der Waals surface area contributed by atoms with Crippen molar-refractivity contribution in [3.63, 3.8) is 0 Å². The van der Waals surface area contributed by atoms with E-state index in [1.165, 1.54) is 33.6 Å². The average molecular weight is 487 g/mol. The number of rotatable bonds is 10. The Morgan fingerprint density at radius 3 is 1.75 bits per heavy atom. The molecule has 1 aromatic heterocycles. The molecule has 0 bridgehead atoms. The maximum atomic E-state index is 12.5. The summed E-state index contributed by atoms with van der Waals surface area (Å²) < 4.78 is 9.86. The van der Waals surface area contributed by atoms with Crippen LogP contribution in [-0.2, 0) is 9.53 Å². The molecule has 0 saturated heterocycles. The zero-order valence-corrected chi connectivity index (χ0v) is 23.6. The number of carbonyl (C=O) groups excluding carboxylic acids is 1. The summed E-state index contributed by atoms with van der Waals surface area (Å²) in [5.74, 6) is 1.24. The molecule has 0 amide bonds. The van der Waals surface area contributed by atoms with E-state index >= 15 is 0 Å². The maximum Gasteiger partial charge on any atom is 0.265 e. The molecule has 5 heteroatoms. The van der Waals surface area contributed by atoms with Crippen molar-refractivity contribution in [3.05, 3.63) is 71.0 Å². The molecule has 0 aliphatic carbocycles. The normalized spacial score (nSPS) is 11.8. The molecule has 0 unspecified atom stereocenters. The monoisotopic (exact) mass is 486 g/mol. The van der Waals surface area contributed by atoms with Crippen molar-refractivity contribution in [1.82, 2.24) is 4.57 Å². The van der Waals surface area contributed by atoms with Crippen LogP contribution in [0.2, 0.25) is 6.32 Å². The second kappa shape index (κ2) is 11.9. The Morgan fingerprint density at radius 2 is 1.31 bits per heavy atom. The molecular weight excluding hydrogens is 443 g/mol. The third kappa shape index (κ3) is 5.77. The molecule has 36 heavy (non-hydrogen) atoms. The van der Waals surface area contributed by atoms with E-state index in [9.17, 15) is 4.79 Å². The Morgan fingerprint density at radius 1 is 0.833 bits per heavy atom. The number of carbonyl (C=O) groups is 1. The molecule has 0 aliphatic heterocycles. The van der Waals surface area contributed by atoms with Gasteiger partial charge in [-0.05, 0) is 30.6 Å². The Balaban J connectivity index is 2.36. The van der Waals surface area contributed by atoms with Crippen LogP contribution < -0.4 is 10.3 Å². The van der Waals surface area contributed by atoms with Gasteiger partial charge in [0.2, 0.25) is 0 Å². The summed E-state index contributed by atoms with van der Waals surface area (Å²) >= 11 is 0. The third-order valence-electron chi connectivity index (χ3n) is 6.78.